The number of Topliss-reactive ketones (excluding diaryl/α,β-unsaturated/α-hetero) is 1. The first-order valence-corrected chi connectivity index (χ1v) is 6.70. The predicted octanol–water partition coefficient (Wildman–Crippen LogP) is 2.13. The van der Waals surface area contributed by atoms with Crippen molar-refractivity contribution >= 4 is 17.4 Å². The molecule has 2 rings (SSSR count). The van der Waals surface area contributed by atoms with Crippen molar-refractivity contribution in [3.8, 4) is 0 Å². The predicted molar refractivity (Wildman–Crippen MR) is 75.5 cm³/mol. The van der Waals surface area contributed by atoms with Crippen LogP contribution in [0.5, 0.6) is 0 Å². The number of hydrogen-bond acceptors (Lipinski definition) is 3. The minimum absolute atomic E-state index is 0.0197. The van der Waals surface area contributed by atoms with Crippen LogP contribution in [-0.2, 0) is 4.79 Å². The molecule has 0 fully saturated rings. The molecule has 1 heterocycles. The first-order chi connectivity index (χ1) is 9.29. The van der Waals surface area contributed by atoms with E-state index in [0.29, 0.717) is 12.2 Å². The van der Waals surface area contributed by atoms with Crippen molar-refractivity contribution in [1.82, 2.24) is 5.32 Å². The van der Waals surface area contributed by atoms with E-state index in [4.69, 9.17) is 0 Å². The van der Waals surface area contributed by atoms with Crippen molar-refractivity contribution in [2.75, 3.05) is 18.0 Å². The topological polar surface area (TPSA) is 49.4 Å². The van der Waals surface area contributed by atoms with Crippen LogP contribution in [0.25, 0.3) is 0 Å². The molecule has 0 spiro atoms. The van der Waals surface area contributed by atoms with Crippen LogP contribution in [0.3, 0.4) is 0 Å². The number of rotatable bonds is 4. The zero-order valence-electron chi connectivity index (χ0n) is 12.0. The summed E-state index contributed by atoms with van der Waals surface area (Å²) in [6, 6.07) is 3.89. The van der Waals surface area contributed by atoms with Crippen LogP contribution in [0, 0.1) is 5.82 Å². The zero-order valence-corrected chi connectivity index (χ0v) is 12.0. The van der Waals surface area contributed by atoms with Crippen LogP contribution in [0.4, 0.5) is 10.1 Å². The number of carbonyl (C=O) groups excluding carboxylic acids is 2. The molecule has 1 aliphatic heterocycles. The first-order valence-electron chi connectivity index (χ1n) is 6.70. The second kappa shape index (κ2) is 5.32. The minimum Gasteiger partial charge on any atom is -0.312 e. The second-order valence-corrected chi connectivity index (χ2v) is 5.98. The van der Waals surface area contributed by atoms with Gasteiger partial charge in [0.05, 0.1) is 11.3 Å². The van der Waals surface area contributed by atoms with Crippen LogP contribution in [-0.4, -0.2) is 30.3 Å². The van der Waals surface area contributed by atoms with Gasteiger partial charge in [0.25, 0.3) is 11.7 Å². The molecule has 5 heteroatoms. The molecule has 1 N–H and O–H groups in total. The summed E-state index contributed by atoms with van der Waals surface area (Å²) < 4.78 is 13.1. The van der Waals surface area contributed by atoms with Crippen LogP contribution in [0.1, 0.15) is 37.6 Å². The highest BCUT2D eigenvalue weighted by atomic mass is 19.1. The third-order valence-electron chi connectivity index (χ3n) is 3.15. The van der Waals surface area contributed by atoms with Crippen LogP contribution < -0.4 is 10.2 Å². The molecule has 1 aliphatic rings. The number of nitrogens with one attached hydrogen (secondary N) is 1. The van der Waals surface area contributed by atoms with Crippen molar-refractivity contribution in [3.05, 3.63) is 29.6 Å². The number of hydrogen-bond donors (Lipinski definition) is 1. The SMILES string of the molecule is CC(C)(C)NCCCN1C(=O)C(=O)c2cc(F)ccc21. The summed E-state index contributed by atoms with van der Waals surface area (Å²) in [6.45, 7) is 7.39. The highest BCUT2D eigenvalue weighted by Gasteiger charge is 2.35. The van der Waals surface area contributed by atoms with E-state index in [1.807, 2.05) is 0 Å². The van der Waals surface area contributed by atoms with Crippen molar-refractivity contribution in [2.45, 2.75) is 32.7 Å². The van der Waals surface area contributed by atoms with Crippen molar-refractivity contribution in [3.63, 3.8) is 0 Å². The van der Waals surface area contributed by atoms with Gasteiger partial charge >= 0.3 is 0 Å². The summed E-state index contributed by atoms with van der Waals surface area (Å²) in [5.41, 5.74) is 0.697. The van der Waals surface area contributed by atoms with E-state index in [1.54, 1.807) is 0 Å². The Hall–Kier alpha value is -1.75. The van der Waals surface area contributed by atoms with Crippen molar-refractivity contribution in [2.24, 2.45) is 0 Å². The van der Waals surface area contributed by atoms with Gasteiger partial charge in [-0.2, -0.15) is 0 Å². The molecule has 0 radical (unpaired) electrons. The Kier molecular flexibility index (Phi) is 3.90. The van der Waals surface area contributed by atoms with Gasteiger partial charge in [0.2, 0.25) is 0 Å². The van der Waals surface area contributed by atoms with Gasteiger partial charge in [0.15, 0.2) is 0 Å². The fourth-order valence-electron chi connectivity index (χ4n) is 2.20. The van der Waals surface area contributed by atoms with Gasteiger partial charge in [0, 0.05) is 12.1 Å². The van der Waals surface area contributed by atoms with Gasteiger partial charge < -0.3 is 10.2 Å². The number of benzene rings is 1. The lowest BCUT2D eigenvalue weighted by Crippen LogP contribution is -2.38. The fraction of sp³-hybridized carbons (Fsp3) is 0.467. The monoisotopic (exact) mass is 278 g/mol. The average Bonchev–Trinajstić information content (AvgIpc) is 2.58. The third-order valence-corrected chi connectivity index (χ3v) is 3.15. The summed E-state index contributed by atoms with van der Waals surface area (Å²) in [4.78, 5) is 25.1. The summed E-state index contributed by atoms with van der Waals surface area (Å²) >= 11 is 0. The maximum atomic E-state index is 13.1. The smallest absolute Gasteiger partial charge is 0.299 e. The number of carbonyl (C=O) groups is 2. The molecule has 4 nitrogen and oxygen atoms in total. The number of fused-ring (bicyclic) bond motifs is 1. The molecule has 1 aromatic rings. The molecule has 1 amide bonds. The maximum absolute atomic E-state index is 13.1. The van der Waals surface area contributed by atoms with Crippen LogP contribution >= 0.6 is 0 Å². The van der Waals surface area contributed by atoms with E-state index in [1.165, 1.54) is 17.0 Å². The largest absolute Gasteiger partial charge is 0.312 e. The van der Waals surface area contributed by atoms with E-state index in [9.17, 15) is 14.0 Å². The highest BCUT2D eigenvalue weighted by molar-refractivity contribution is 6.52. The molecule has 20 heavy (non-hydrogen) atoms. The number of nitrogens with zero attached hydrogens (tertiary/aromatic N) is 1. The minimum atomic E-state index is -0.622. The molecular weight excluding hydrogens is 259 g/mol. The number of ketones is 1. The number of amides is 1. The lowest BCUT2D eigenvalue weighted by molar-refractivity contribution is -0.114. The molecule has 0 aliphatic carbocycles. The number of halogens is 1. The van der Waals surface area contributed by atoms with Crippen LogP contribution in [0.2, 0.25) is 0 Å². The summed E-state index contributed by atoms with van der Waals surface area (Å²) in [6.07, 6.45) is 0.729. The molecule has 108 valence electrons. The molecular formula is C15H19FN2O2. The lowest BCUT2D eigenvalue weighted by Gasteiger charge is -2.22. The van der Waals surface area contributed by atoms with Gasteiger partial charge in [-0.1, -0.05) is 0 Å². The Balaban J connectivity index is 2.03. The molecule has 0 bridgehead atoms. The zero-order chi connectivity index (χ0) is 14.9. The van der Waals surface area contributed by atoms with Gasteiger partial charge in [-0.3, -0.25) is 9.59 Å². The number of anilines is 1. The molecule has 0 saturated heterocycles. The summed E-state index contributed by atoms with van der Waals surface area (Å²) in [7, 11) is 0. The van der Waals surface area contributed by atoms with Crippen molar-refractivity contribution in [1.29, 1.82) is 0 Å². The van der Waals surface area contributed by atoms with E-state index in [-0.39, 0.29) is 11.1 Å². The quantitative estimate of drug-likeness (QED) is 0.678. The van der Waals surface area contributed by atoms with E-state index < -0.39 is 17.5 Å². The molecule has 1 aromatic carbocycles. The normalized spacial score (nSPS) is 14.9. The Morgan fingerprint density at radius 3 is 2.60 bits per heavy atom. The average molecular weight is 278 g/mol. The maximum Gasteiger partial charge on any atom is 0.299 e. The van der Waals surface area contributed by atoms with E-state index in [0.717, 1.165) is 19.0 Å². The van der Waals surface area contributed by atoms with E-state index in [2.05, 4.69) is 26.1 Å². The van der Waals surface area contributed by atoms with Gasteiger partial charge in [-0.25, -0.2) is 4.39 Å². The molecule has 0 atom stereocenters. The summed E-state index contributed by atoms with van der Waals surface area (Å²) in [5.74, 6) is -1.69. The lowest BCUT2D eigenvalue weighted by atomic mass is 10.1. The van der Waals surface area contributed by atoms with Crippen LogP contribution in [0.15, 0.2) is 18.2 Å². The van der Waals surface area contributed by atoms with Gasteiger partial charge in [0.1, 0.15) is 5.82 Å². The fourth-order valence-corrected chi connectivity index (χ4v) is 2.20. The third kappa shape index (κ3) is 3.04. The summed E-state index contributed by atoms with van der Waals surface area (Å²) in [5, 5.41) is 3.32. The molecule has 0 saturated carbocycles. The Labute approximate surface area is 118 Å². The van der Waals surface area contributed by atoms with Crippen molar-refractivity contribution < 1.29 is 14.0 Å². The standard InChI is InChI=1S/C15H19FN2O2/c1-15(2,3)17-7-4-8-18-12-6-5-10(16)9-11(12)13(19)14(18)20/h5-6,9,17H,4,7-8H2,1-3H3. The Bertz CT molecular complexity index is 549. The Morgan fingerprint density at radius 2 is 1.95 bits per heavy atom. The van der Waals surface area contributed by atoms with Gasteiger partial charge in [-0.05, 0) is 51.9 Å². The van der Waals surface area contributed by atoms with Gasteiger partial charge in [-0.15, -0.1) is 0 Å². The van der Waals surface area contributed by atoms with E-state index >= 15 is 0 Å². The Morgan fingerprint density at radius 1 is 1.25 bits per heavy atom. The molecule has 0 unspecified atom stereocenters. The molecule has 0 aromatic heterocycles. The second-order valence-electron chi connectivity index (χ2n) is 5.98. The highest BCUT2D eigenvalue weighted by Crippen LogP contribution is 2.29. The first kappa shape index (κ1) is 14.7.